The van der Waals surface area contributed by atoms with Crippen molar-refractivity contribution in [1.82, 2.24) is 0 Å². The van der Waals surface area contributed by atoms with Crippen molar-refractivity contribution in [3.63, 3.8) is 0 Å². The summed E-state index contributed by atoms with van der Waals surface area (Å²) in [6.45, 7) is -0.0484. The molecule has 6 nitrogen and oxygen atoms in total. The summed E-state index contributed by atoms with van der Waals surface area (Å²) in [4.78, 5) is 14.8. The third kappa shape index (κ3) is 4.18. The van der Waals surface area contributed by atoms with Crippen LogP contribution in [0.2, 0.25) is 0 Å². The predicted molar refractivity (Wildman–Crippen MR) is 121 cm³/mol. The first-order chi connectivity index (χ1) is 15.4. The van der Waals surface area contributed by atoms with Crippen LogP contribution in [0.5, 0.6) is 5.75 Å². The first-order valence-corrected chi connectivity index (χ1v) is 11.7. The number of methoxy groups -OCH3 is 1. The molecule has 1 amide bonds. The zero-order valence-corrected chi connectivity index (χ0v) is 18.4. The van der Waals surface area contributed by atoms with Crippen LogP contribution in [0.3, 0.4) is 0 Å². The molecule has 0 bridgehead atoms. The molecule has 0 saturated carbocycles. The lowest BCUT2D eigenvalue weighted by atomic mass is 10.0. The van der Waals surface area contributed by atoms with Gasteiger partial charge in [0.1, 0.15) is 18.1 Å². The fourth-order valence-corrected chi connectivity index (χ4v) is 5.25. The van der Waals surface area contributed by atoms with Crippen LogP contribution >= 0.6 is 0 Å². The number of anilines is 2. The molecule has 8 heteroatoms. The minimum absolute atomic E-state index is 0.0617. The Kier molecular flexibility index (Phi) is 6.14. The fraction of sp³-hybridized carbons (Fsp3) is 0.208. The number of para-hydroxylation sites is 2. The van der Waals surface area contributed by atoms with Crippen molar-refractivity contribution in [2.75, 3.05) is 29.4 Å². The molecule has 0 fully saturated rings. The van der Waals surface area contributed by atoms with Gasteiger partial charge in [-0.05, 0) is 60.9 Å². The van der Waals surface area contributed by atoms with Crippen LogP contribution in [0.1, 0.15) is 12.0 Å². The summed E-state index contributed by atoms with van der Waals surface area (Å²) in [7, 11) is -2.75. The number of nitrogens with zero attached hydrogens (tertiary/aromatic N) is 2. The van der Waals surface area contributed by atoms with Crippen LogP contribution in [0.15, 0.2) is 77.7 Å². The Morgan fingerprint density at radius 3 is 2.44 bits per heavy atom. The Morgan fingerprint density at radius 2 is 1.72 bits per heavy atom. The van der Waals surface area contributed by atoms with E-state index in [-0.39, 0.29) is 10.6 Å². The van der Waals surface area contributed by atoms with E-state index in [0.29, 0.717) is 12.3 Å². The second-order valence-corrected chi connectivity index (χ2v) is 9.28. The summed E-state index contributed by atoms with van der Waals surface area (Å²) in [6, 6.07) is 18.9. The van der Waals surface area contributed by atoms with Gasteiger partial charge in [0.25, 0.3) is 10.0 Å². The zero-order chi connectivity index (χ0) is 22.7. The number of hydrogen-bond acceptors (Lipinski definition) is 4. The van der Waals surface area contributed by atoms with Crippen LogP contribution < -0.4 is 13.9 Å². The number of carbonyl (C=O) groups excluding carboxylic acids is 1. The molecular weight excluding hydrogens is 431 g/mol. The largest absolute Gasteiger partial charge is 0.497 e. The lowest BCUT2D eigenvalue weighted by molar-refractivity contribution is -0.117. The van der Waals surface area contributed by atoms with Crippen molar-refractivity contribution in [1.29, 1.82) is 0 Å². The SMILES string of the molecule is COc1ccc(S(=O)(=O)N(CC(=O)N2CCCc3ccccc32)c2ccccc2F)cc1. The highest BCUT2D eigenvalue weighted by Crippen LogP contribution is 2.30. The Morgan fingerprint density at radius 1 is 1.03 bits per heavy atom. The second kappa shape index (κ2) is 9.00. The molecule has 0 aromatic heterocycles. The molecule has 0 aliphatic carbocycles. The fourth-order valence-electron chi connectivity index (χ4n) is 3.83. The minimum atomic E-state index is -4.22. The van der Waals surface area contributed by atoms with Gasteiger partial charge < -0.3 is 9.64 Å². The molecule has 0 N–H and O–H groups in total. The molecule has 1 heterocycles. The smallest absolute Gasteiger partial charge is 0.264 e. The minimum Gasteiger partial charge on any atom is -0.497 e. The quantitative estimate of drug-likeness (QED) is 0.565. The number of aryl methyl sites for hydroxylation is 1. The molecule has 3 aromatic carbocycles. The summed E-state index contributed by atoms with van der Waals surface area (Å²) in [5, 5.41) is 0. The standard InChI is InChI=1S/C24H23FN2O4S/c1-31-19-12-14-20(15-13-19)32(29,30)27(23-11-5-3-9-21(23)25)17-24(28)26-16-6-8-18-7-2-4-10-22(18)26/h2-5,7,9-15H,6,8,16-17H2,1H3. The Balaban J connectivity index is 1.72. The van der Waals surface area contributed by atoms with Crippen molar-refractivity contribution >= 4 is 27.3 Å². The van der Waals surface area contributed by atoms with Crippen molar-refractivity contribution in [3.05, 3.63) is 84.2 Å². The van der Waals surface area contributed by atoms with Gasteiger partial charge in [-0.2, -0.15) is 0 Å². The van der Waals surface area contributed by atoms with Crippen molar-refractivity contribution in [3.8, 4) is 5.75 Å². The molecule has 3 aromatic rings. The molecule has 32 heavy (non-hydrogen) atoms. The molecule has 1 aliphatic rings. The van der Waals surface area contributed by atoms with Gasteiger partial charge in [-0.15, -0.1) is 0 Å². The molecule has 0 unspecified atom stereocenters. The lowest BCUT2D eigenvalue weighted by Crippen LogP contribution is -2.45. The topological polar surface area (TPSA) is 66.9 Å². The summed E-state index contributed by atoms with van der Waals surface area (Å²) in [5.41, 5.74) is 1.61. The normalized spacial score (nSPS) is 13.4. The van der Waals surface area contributed by atoms with Gasteiger partial charge in [-0.25, -0.2) is 12.8 Å². The zero-order valence-electron chi connectivity index (χ0n) is 17.6. The average molecular weight is 455 g/mol. The lowest BCUT2D eigenvalue weighted by Gasteiger charge is -2.32. The van der Waals surface area contributed by atoms with Crippen molar-refractivity contribution < 1.29 is 22.3 Å². The first kappa shape index (κ1) is 21.8. The van der Waals surface area contributed by atoms with Crippen LogP contribution in [-0.4, -0.2) is 34.5 Å². The summed E-state index contributed by atoms with van der Waals surface area (Å²) in [5.74, 6) is -0.656. The maximum absolute atomic E-state index is 14.7. The number of amides is 1. The number of sulfonamides is 1. The molecule has 4 rings (SSSR count). The number of fused-ring (bicyclic) bond motifs is 1. The predicted octanol–water partition coefficient (Wildman–Crippen LogP) is 4.01. The van der Waals surface area contributed by atoms with Crippen LogP contribution in [0.4, 0.5) is 15.8 Å². The van der Waals surface area contributed by atoms with Gasteiger partial charge in [0.05, 0.1) is 17.7 Å². The molecule has 0 saturated heterocycles. The number of rotatable bonds is 6. The molecule has 0 radical (unpaired) electrons. The molecular formula is C24H23FN2O4S. The van der Waals surface area contributed by atoms with E-state index in [1.54, 1.807) is 4.90 Å². The first-order valence-electron chi connectivity index (χ1n) is 10.2. The van der Waals surface area contributed by atoms with Gasteiger partial charge in [0.15, 0.2) is 0 Å². The van der Waals surface area contributed by atoms with E-state index in [9.17, 15) is 17.6 Å². The third-order valence-electron chi connectivity index (χ3n) is 5.46. The van der Waals surface area contributed by atoms with E-state index in [1.165, 1.54) is 55.6 Å². The van der Waals surface area contributed by atoms with E-state index in [0.717, 1.165) is 28.4 Å². The van der Waals surface area contributed by atoms with E-state index < -0.39 is 28.3 Å². The maximum Gasteiger partial charge on any atom is 0.264 e. The number of carbonyl (C=O) groups is 1. The molecule has 0 spiro atoms. The van der Waals surface area contributed by atoms with Crippen LogP contribution in [0, 0.1) is 5.82 Å². The van der Waals surface area contributed by atoms with E-state index in [2.05, 4.69) is 0 Å². The van der Waals surface area contributed by atoms with Crippen molar-refractivity contribution in [2.45, 2.75) is 17.7 Å². The third-order valence-corrected chi connectivity index (χ3v) is 7.23. The summed E-state index contributed by atoms with van der Waals surface area (Å²) >= 11 is 0. The monoisotopic (exact) mass is 454 g/mol. The van der Waals surface area contributed by atoms with E-state index in [4.69, 9.17) is 4.74 Å². The van der Waals surface area contributed by atoms with Crippen molar-refractivity contribution in [2.24, 2.45) is 0 Å². The van der Waals surface area contributed by atoms with Gasteiger partial charge in [0, 0.05) is 12.2 Å². The van der Waals surface area contributed by atoms with Gasteiger partial charge in [0.2, 0.25) is 5.91 Å². The highest BCUT2D eigenvalue weighted by molar-refractivity contribution is 7.92. The van der Waals surface area contributed by atoms with Crippen LogP contribution in [-0.2, 0) is 21.2 Å². The number of ether oxygens (including phenoxy) is 1. The average Bonchev–Trinajstić information content (AvgIpc) is 2.82. The van der Waals surface area contributed by atoms with Gasteiger partial charge >= 0.3 is 0 Å². The number of benzene rings is 3. The number of halogens is 1. The Labute approximate surface area is 186 Å². The maximum atomic E-state index is 14.7. The number of hydrogen-bond donors (Lipinski definition) is 0. The molecule has 166 valence electrons. The second-order valence-electron chi connectivity index (χ2n) is 7.42. The Hall–Kier alpha value is -3.39. The summed E-state index contributed by atoms with van der Waals surface area (Å²) in [6.07, 6.45) is 1.62. The van der Waals surface area contributed by atoms with Gasteiger partial charge in [-0.3, -0.25) is 9.10 Å². The molecule has 1 aliphatic heterocycles. The van der Waals surface area contributed by atoms with E-state index in [1.807, 2.05) is 24.3 Å². The van der Waals surface area contributed by atoms with E-state index >= 15 is 0 Å². The highest BCUT2D eigenvalue weighted by Gasteiger charge is 2.32. The summed E-state index contributed by atoms with van der Waals surface area (Å²) < 4.78 is 47.6. The van der Waals surface area contributed by atoms with Gasteiger partial charge in [-0.1, -0.05) is 30.3 Å². The van der Waals surface area contributed by atoms with Crippen LogP contribution in [0.25, 0.3) is 0 Å². The molecule has 0 atom stereocenters. The highest BCUT2D eigenvalue weighted by atomic mass is 32.2. The Bertz CT molecular complexity index is 1230.